The normalized spacial score (nSPS) is 9.45. The number of benzene rings is 2. The third kappa shape index (κ3) is 4.73. The van der Waals surface area contributed by atoms with Crippen molar-refractivity contribution < 1.29 is 4.74 Å². The van der Waals surface area contributed by atoms with Gasteiger partial charge in [0.2, 0.25) is 0 Å². The first-order valence-corrected chi connectivity index (χ1v) is 6.03. The van der Waals surface area contributed by atoms with Gasteiger partial charge in [0.15, 0.2) is 5.96 Å². The van der Waals surface area contributed by atoms with E-state index in [1.807, 2.05) is 55.5 Å². The smallest absolute Gasteiger partial charge is 0.186 e. The molecule has 0 saturated heterocycles. The first kappa shape index (κ1) is 16.3. The standard InChI is InChI=1S/C15H17N3O.HI/c1-11-7-8-12(10-18-15(16)17)14(9-11)19-13-5-3-2-4-6-13;/h2-9H,10H2,1H3,(H4,16,17,18);1H. The Morgan fingerprint density at radius 1 is 1.10 bits per heavy atom. The predicted octanol–water partition coefficient (Wildman–Crippen LogP) is 3.18. The Bertz CT molecular complexity index is 581. The van der Waals surface area contributed by atoms with Crippen molar-refractivity contribution in [2.45, 2.75) is 13.5 Å². The number of ether oxygens (including phenoxy) is 1. The molecule has 4 nitrogen and oxygen atoms in total. The van der Waals surface area contributed by atoms with E-state index in [1.165, 1.54) is 0 Å². The lowest BCUT2D eigenvalue weighted by molar-refractivity contribution is 0.476. The molecule has 0 heterocycles. The highest BCUT2D eigenvalue weighted by Gasteiger charge is 2.05. The van der Waals surface area contributed by atoms with Crippen molar-refractivity contribution in [2.75, 3.05) is 0 Å². The van der Waals surface area contributed by atoms with Gasteiger partial charge in [-0.25, -0.2) is 4.99 Å². The summed E-state index contributed by atoms with van der Waals surface area (Å²) in [6, 6.07) is 15.6. The summed E-state index contributed by atoms with van der Waals surface area (Å²) in [5.74, 6) is 1.64. The van der Waals surface area contributed by atoms with Crippen LogP contribution in [0.5, 0.6) is 11.5 Å². The van der Waals surface area contributed by atoms with Crippen LogP contribution in [0, 0.1) is 6.92 Å². The monoisotopic (exact) mass is 383 g/mol. The van der Waals surface area contributed by atoms with E-state index in [9.17, 15) is 0 Å². The number of nitrogens with two attached hydrogens (primary N) is 2. The zero-order valence-corrected chi connectivity index (χ0v) is 13.6. The predicted molar refractivity (Wildman–Crippen MR) is 92.6 cm³/mol. The maximum absolute atomic E-state index is 5.87. The van der Waals surface area contributed by atoms with Gasteiger partial charge in [-0.3, -0.25) is 0 Å². The average molecular weight is 383 g/mol. The highest BCUT2D eigenvalue weighted by Crippen LogP contribution is 2.26. The van der Waals surface area contributed by atoms with E-state index >= 15 is 0 Å². The van der Waals surface area contributed by atoms with E-state index in [0.29, 0.717) is 6.54 Å². The highest BCUT2D eigenvalue weighted by atomic mass is 127. The fourth-order valence-corrected chi connectivity index (χ4v) is 1.68. The van der Waals surface area contributed by atoms with E-state index in [0.717, 1.165) is 22.6 Å². The third-order valence-electron chi connectivity index (χ3n) is 2.63. The molecule has 2 rings (SSSR count). The van der Waals surface area contributed by atoms with Crippen LogP contribution in [0.25, 0.3) is 0 Å². The Morgan fingerprint density at radius 2 is 1.80 bits per heavy atom. The number of guanidine groups is 1. The molecule has 0 atom stereocenters. The molecular weight excluding hydrogens is 365 g/mol. The summed E-state index contributed by atoms with van der Waals surface area (Å²) in [6.45, 7) is 2.42. The van der Waals surface area contributed by atoms with E-state index in [1.54, 1.807) is 0 Å². The summed E-state index contributed by atoms with van der Waals surface area (Å²) < 4.78 is 5.87. The molecule has 0 aromatic heterocycles. The van der Waals surface area contributed by atoms with Crippen molar-refractivity contribution in [1.82, 2.24) is 0 Å². The van der Waals surface area contributed by atoms with Crippen LogP contribution in [-0.2, 0) is 6.54 Å². The minimum absolute atomic E-state index is 0. The number of rotatable bonds is 4. The topological polar surface area (TPSA) is 73.6 Å². The molecule has 2 aromatic rings. The van der Waals surface area contributed by atoms with Crippen molar-refractivity contribution >= 4 is 29.9 Å². The van der Waals surface area contributed by atoms with Gasteiger partial charge in [0.1, 0.15) is 11.5 Å². The second-order valence-corrected chi connectivity index (χ2v) is 4.27. The number of hydrogen-bond acceptors (Lipinski definition) is 2. The van der Waals surface area contributed by atoms with E-state index in [4.69, 9.17) is 16.2 Å². The fraction of sp³-hybridized carbons (Fsp3) is 0.133. The first-order chi connectivity index (χ1) is 9.15. The number of nitrogens with zero attached hydrogens (tertiary/aromatic N) is 1. The fourth-order valence-electron chi connectivity index (χ4n) is 1.68. The van der Waals surface area contributed by atoms with Gasteiger partial charge >= 0.3 is 0 Å². The van der Waals surface area contributed by atoms with Crippen LogP contribution in [0.4, 0.5) is 0 Å². The van der Waals surface area contributed by atoms with Gasteiger partial charge in [0.25, 0.3) is 0 Å². The van der Waals surface area contributed by atoms with Gasteiger partial charge in [-0.2, -0.15) is 0 Å². The largest absolute Gasteiger partial charge is 0.457 e. The van der Waals surface area contributed by atoms with Crippen LogP contribution in [0.1, 0.15) is 11.1 Å². The Kier molecular flexibility index (Phi) is 6.30. The molecule has 0 aliphatic heterocycles. The molecule has 2 aromatic carbocycles. The number of halogens is 1. The number of hydrogen-bond donors (Lipinski definition) is 2. The second-order valence-electron chi connectivity index (χ2n) is 4.27. The van der Waals surface area contributed by atoms with Gasteiger partial charge < -0.3 is 16.2 Å². The van der Waals surface area contributed by atoms with Crippen LogP contribution < -0.4 is 16.2 Å². The Balaban J connectivity index is 0.00000200. The molecule has 0 bridgehead atoms. The van der Waals surface area contributed by atoms with Crippen molar-refractivity contribution in [3.8, 4) is 11.5 Å². The SMILES string of the molecule is Cc1ccc(CN=C(N)N)c(Oc2ccccc2)c1.I. The lowest BCUT2D eigenvalue weighted by Crippen LogP contribution is -2.22. The molecule has 5 heteroatoms. The van der Waals surface area contributed by atoms with Gasteiger partial charge in [0.05, 0.1) is 6.54 Å². The molecule has 0 saturated carbocycles. The van der Waals surface area contributed by atoms with Gasteiger partial charge in [0, 0.05) is 5.56 Å². The van der Waals surface area contributed by atoms with Gasteiger partial charge in [-0.15, -0.1) is 24.0 Å². The zero-order valence-electron chi connectivity index (χ0n) is 11.2. The third-order valence-corrected chi connectivity index (χ3v) is 2.63. The molecule has 20 heavy (non-hydrogen) atoms. The van der Waals surface area contributed by atoms with Crippen LogP contribution in [-0.4, -0.2) is 5.96 Å². The molecule has 106 valence electrons. The van der Waals surface area contributed by atoms with Crippen molar-refractivity contribution in [1.29, 1.82) is 0 Å². The van der Waals surface area contributed by atoms with Gasteiger partial charge in [-0.05, 0) is 30.7 Å². The van der Waals surface area contributed by atoms with Crippen LogP contribution in [0.2, 0.25) is 0 Å². The molecule has 0 spiro atoms. The molecule has 0 unspecified atom stereocenters. The summed E-state index contributed by atoms with van der Waals surface area (Å²) in [6.07, 6.45) is 0. The summed E-state index contributed by atoms with van der Waals surface area (Å²) >= 11 is 0. The van der Waals surface area contributed by atoms with Crippen molar-refractivity contribution in [3.05, 3.63) is 59.7 Å². The molecule has 0 aliphatic carbocycles. The quantitative estimate of drug-likeness (QED) is 0.484. The van der Waals surface area contributed by atoms with Crippen LogP contribution >= 0.6 is 24.0 Å². The number of para-hydroxylation sites is 1. The Labute approximate surface area is 135 Å². The Morgan fingerprint density at radius 3 is 2.45 bits per heavy atom. The number of aliphatic imine (C=N–C) groups is 1. The zero-order chi connectivity index (χ0) is 13.7. The summed E-state index contributed by atoms with van der Waals surface area (Å²) in [7, 11) is 0. The van der Waals surface area contributed by atoms with Gasteiger partial charge in [-0.1, -0.05) is 30.3 Å². The molecule has 0 amide bonds. The van der Waals surface area contributed by atoms with Crippen molar-refractivity contribution in [3.63, 3.8) is 0 Å². The maximum atomic E-state index is 5.87. The molecule has 0 aliphatic rings. The van der Waals surface area contributed by atoms with E-state index in [-0.39, 0.29) is 29.9 Å². The molecule has 0 radical (unpaired) electrons. The molecule has 4 N–H and O–H groups in total. The second kappa shape index (κ2) is 7.74. The summed E-state index contributed by atoms with van der Waals surface area (Å²) in [4.78, 5) is 4.02. The summed E-state index contributed by atoms with van der Waals surface area (Å²) in [5, 5.41) is 0. The minimum Gasteiger partial charge on any atom is -0.457 e. The van der Waals surface area contributed by atoms with Crippen molar-refractivity contribution in [2.24, 2.45) is 16.5 Å². The van der Waals surface area contributed by atoms with Crippen LogP contribution in [0.3, 0.4) is 0 Å². The minimum atomic E-state index is 0. The van der Waals surface area contributed by atoms with E-state index in [2.05, 4.69) is 4.99 Å². The van der Waals surface area contributed by atoms with Crippen LogP contribution in [0.15, 0.2) is 53.5 Å². The summed E-state index contributed by atoms with van der Waals surface area (Å²) in [5.41, 5.74) is 12.8. The molecule has 0 fully saturated rings. The first-order valence-electron chi connectivity index (χ1n) is 6.03. The number of aryl methyl sites for hydroxylation is 1. The Hall–Kier alpha value is -1.76. The highest BCUT2D eigenvalue weighted by molar-refractivity contribution is 14.0. The average Bonchev–Trinajstić information content (AvgIpc) is 2.39. The molecular formula is C15H18IN3O. The van der Waals surface area contributed by atoms with E-state index < -0.39 is 0 Å². The maximum Gasteiger partial charge on any atom is 0.186 e. The lowest BCUT2D eigenvalue weighted by atomic mass is 10.1. The lowest BCUT2D eigenvalue weighted by Gasteiger charge is -2.11.